The van der Waals surface area contributed by atoms with E-state index in [0.29, 0.717) is 0 Å². The molecule has 0 spiro atoms. The predicted molar refractivity (Wildman–Crippen MR) is 157 cm³/mol. The van der Waals surface area contributed by atoms with Crippen LogP contribution in [0.15, 0.2) is 91.4 Å². The fraction of sp³-hybridized carbons (Fsp3) is 0.219. The average Bonchev–Trinajstić information content (AvgIpc) is 3.60. The topological polar surface area (TPSA) is 73.5 Å². The number of nitrogens with one attached hydrogen (secondary N) is 2. The van der Waals surface area contributed by atoms with E-state index in [2.05, 4.69) is 74.9 Å². The molecule has 6 nitrogen and oxygen atoms in total. The minimum Gasteiger partial charge on any atom is -0.353 e. The second kappa shape index (κ2) is 10.6. The number of allylic oxidation sites excluding steroid dienone is 3. The molecular formula is C32H32N6. The van der Waals surface area contributed by atoms with E-state index in [-0.39, 0.29) is 0 Å². The first-order valence-electron chi connectivity index (χ1n) is 13.3. The monoisotopic (exact) mass is 500 g/mol. The van der Waals surface area contributed by atoms with Gasteiger partial charge in [-0.15, -0.1) is 0 Å². The summed E-state index contributed by atoms with van der Waals surface area (Å²) in [4.78, 5) is 14.9. The molecule has 6 rings (SSSR count). The van der Waals surface area contributed by atoms with E-state index in [0.717, 1.165) is 56.6 Å². The third kappa shape index (κ3) is 4.71. The van der Waals surface area contributed by atoms with Gasteiger partial charge in [-0.25, -0.2) is 0 Å². The molecule has 0 atom stereocenters. The number of likely N-dealkylation sites (tertiary alicyclic amines) is 1. The number of rotatable bonds is 7. The molecule has 0 amide bonds. The maximum atomic E-state index is 4.70. The first-order valence-corrected chi connectivity index (χ1v) is 13.3. The third-order valence-corrected chi connectivity index (χ3v) is 7.42. The highest BCUT2D eigenvalue weighted by molar-refractivity contribution is 6.00. The number of aromatic nitrogens is 5. The van der Waals surface area contributed by atoms with E-state index in [1.807, 2.05) is 30.5 Å². The van der Waals surface area contributed by atoms with Crippen LogP contribution in [-0.4, -0.2) is 49.7 Å². The summed E-state index contributed by atoms with van der Waals surface area (Å²) in [5.74, 6) is 0. The zero-order valence-corrected chi connectivity index (χ0v) is 21.7. The molecule has 1 fully saturated rings. The van der Waals surface area contributed by atoms with Crippen molar-refractivity contribution in [1.82, 2.24) is 30.0 Å². The average molecular weight is 501 g/mol. The normalized spacial score (nSPS) is 15.4. The lowest BCUT2D eigenvalue weighted by molar-refractivity contribution is 0.248. The lowest BCUT2D eigenvalue weighted by Gasteiger charge is -2.26. The minimum atomic E-state index is 0.899. The fourth-order valence-electron chi connectivity index (χ4n) is 5.40. The molecule has 4 aromatic heterocycles. The Bertz CT molecular complexity index is 1650. The van der Waals surface area contributed by atoms with Crippen molar-refractivity contribution in [3.05, 3.63) is 97.0 Å². The number of fused-ring (bicyclic) bond motifs is 2. The maximum absolute atomic E-state index is 4.70. The van der Waals surface area contributed by atoms with E-state index in [1.54, 1.807) is 12.4 Å². The maximum Gasteiger partial charge on any atom is 0.116 e. The number of hydrogen-bond donors (Lipinski definition) is 2. The van der Waals surface area contributed by atoms with Crippen LogP contribution in [0.3, 0.4) is 0 Å². The van der Waals surface area contributed by atoms with Crippen molar-refractivity contribution in [3.8, 4) is 22.6 Å². The number of hydrogen-bond acceptors (Lipinski definition) is 4. The first kappa shape index (κ1) is 24.1. The van der Waals surface area contributed by atoms with Crippen LogP contribution in [0.5, 0.6) is 0 Å². The zero-order chi connectivity index (χ0) is 25.9. The van der Waals surface area contributed by atoms with Gasteiger partial charge < -0.3 is 4.98 Å². The van der Waals surface area contributed by atoms with Crippen molar-refractivity contribution < 1.29 is 0 Å². The molecule has 190 valence electrons. The molecule has 1 aliphatic rings. The van der Waals surface area contributed by atoms with Gasteiger partial charge in [0.1, 0.15) is 5.69 Å². The second-order valence-electron chi connectivity index (χ2n) is 9.88. The number of benzene rings is 1. The fourth-order valence-corrected chi connectivity index (χ4v) is 5.40. The number of nitrogens with zero attached hydrogens (tertiary/aromatic N) is 4. The zero-order valence-electron chi connectivity index (χ0n) is 21.7. The number of aromatic amines is 2. The van der Waals surface area contributed by atoms with Crippen LogP contribution in [0, 0.1) is 0 Å². The van der Waals surface area contributed by atoms with Gasteiger partial charge in [-0.2, -0.15) is 5.10 Å². The highest BCUT2D eigenvalue weighted by Crippen LogP contribution is 2.34. The van der Waals surface area contributed by atoms with Gasteiger partial charge in [-0.3, -0.25) is 20.0 Å². The number of pyridine rings is 2. The Morgan fingerprint density at radius 2 is 1.76 bits per heavy atom. The van der Waals surface area contributed by atoms with Crippen molar-refractivity contribution in [2.75, 3.05) is 19.6 Å². The molecule has 38 heavy (non-hydrogen) atoms. The highest BCUT2D eigenvalue weighted by atomic mass is 15.1. The lowest BCUT2D eigenvalue weighted by atomic mass is 9.99. The Morgan fingerprint density at radius 1 is 0.947 bits per heavy atom. The summed E-state index contributed by atoms with van der Waals surface area (Å²) in [7, 11) is 0. The van der Waals surface area contributed by atoms with Gasteiger partial charge in [0, 0.05) is 47.0 Å². The Balaban J connectivity index is 1.36. The third-order valence-electron chi connectivity index (χ3n) is 7.42. The first-order chi connectivity index (χ1) is 18.7. The molecule has 5 heterocycles. The summed E-state index contributed by atoms with van der Waals surface area (Å²) in [6.07, 6.45) is 15.8. The summed E-state index contributed by atoms with van der Waals surface area (Å²) in [6.45, 7) is 9.49. The molecule has 2 N–H and O–H groups in total. The van der Waals surface area contributed by atoms with Gasteiger partial charge in [-0.1, -0.05) is 37.3 Å². The van der Waals surface area contributed by atoms with E-state index in [4.69, 9.17) is 5.10 Å². The molecule has 5 aromatic rings. The van der Waals surface area contributed by atoms with Crippen molar-refractivity contribution in [2.45, 2.75) is 26.2 Å². The minimum absolute atomic E-state index is 0.899. The smallest absolute Gasteiger partial charge is 0.116 e. The Labute approximate surface area is 222 Å². The van der Waals surface area contributed by atoms with Crippen molar-refractivity contribution in [2.24, 2.45) is 0 Å². The van der Waals surface area contributed by atoms with Crippen LogP contribution in [0.4, 0.5) is 0 Å². The van der Waals surface area contributed by atoms with Gasteiger partial charge >= 0.3 is 0 Å². The van der Waals surface area contributed by atoms with Crippen molar-refractivity contribution in [3.63, 3.8) is 0 Å². The van der Waals surface area contributed by atoms with Gasteiger partial charge in [-0.05, 0) is 86.0 Å². The van der Waals surface area contributed by atoms with Crippen molar-refractivity contribution in [1.29, 1.82) is 0 Å². The Kier molecular flexibility index (Phi) is 6.71. The summed E-state index contributed by atoms with van der Waals surface area (Å²) in [5.41, 5.74) is 9.46. The highest BCUT2D eigenvalue weighted by Gasteiger charge is 2.16. The molecule has 0 radical (unpaired) electrons. The van der Waals surface area contributed by atoms with Gasteiger partial charge in [0.2, 0.25) is 0 Å². The molecule has 0 saturated carbocycles. The SMILES string of the molecule is C=C/C(=C\C(=C/C)c1ccc2[nH]nc(-c3cc4c(-c5ccncc5)nccc4[nH]3)c2c1)CN1CCCCC1. The van der Waals surface area contributed by atoms with Crippen LogP contribution >= 0.6 is 0 Å². The lowest BCUT2D eigenvalue weighted by Crippen LogP contribution is -2.31. The number of H-pyrrole nitrogens is 2. The van der Waals surface area contributed by atoms with Crippen LogP contribution < -0.4 is 0 Å². The molecule has 1 aromatic carbocycles. The standard InChI is InChI=1S/C32H32N6/c1-3-22(21-38-16-6-5-7-17-38)18-23(4-2)25-8-9-29-26(19-25)32(37-36-29)30-20-27-28(35-30)12-15-34-31(27)24-10-13-33-14-11-24/h3-4,8-15,18-20,35H,1,5-7,16-17,21H2,2H3,(H,36,37)/b22-18+,23-4+. The van der Waals surface area contributed by atoms with Crippen LogP contribution in [0.2, 0.25) is 0 Å². The van der Waals surface area contributed by atoms with Crippen LogP contribution in [-0.2, 0) is 0 Å². The molecule has 1 aliphatic heterocycles. The second-order valence-corrected chi connectivity index (χ2v) is 9.88. The van der Waals surface area contributed by atoms with E-state index < -0.39 is 0 Å². The van der Waals surface area contributed by atoms with E-state index in [1.165, 1.54) is 43.5 Å². The predicted octanol–water partition coefficient (Wildman–Crippen LogP) is 7.17. The van der Waals surface area contributed by atoms with Crippen molar-refractivity contribution >= 4 is 27.4 Å². The quantitative estimate of drug-likeness (QED) is 0.232. The largest absolute Gasteiger partial charge is 0.353 e. The summed E-state index contributed by atoms with van der Waals surface area (Å²) in [5, 5.41) is 10.1. The van der Waals surface area contributed by atoms with Gasteiger partial charge in [0.05, 0.1) is 16.9 Å². The summed E-state index contributed by atoms with van der Waals surface area (Å²) < 4.78 is 0. The Hall–Kier alpha value is -4.29. The Morgan fingerprint density at radius 3 is 2.55 bits per heavy atom. The molecule has 0 unspecified atom stereocenters. The summed E-state index contributed by atoms with van der Waals surface area (Å²) >= 11 is 0. The van der Waals surface area contributed by atoms with Crippen LogP contribution in [0.25, 0.3) is 50.0 Å². The van der Waals surface area contributed by atoms with Crippen LogP contribution in [0.1, 0.15) is 31.7 Å². The molecule has 1 saturated heterocycles. The van der Waals surface area contributed by atoms with Gasteiger partial charge in [0.15, 0.2) is 0 Å². The molecule has 0 bridgehead atoms. The molecule has 0 aliphatic carbocycles. The van der Waals surface area contributed by atoms with E-state index in [9.17, 15) is 0 Å². The van der Waals surface area contributed by atoms with Gasteiger partial charge in [0.25, 0.3) is 0 Å². The molecule has 6 heteroatoms. The summed E-state index contributed by atoms with van der Waals surface area (Å²) in [6, 6.07) is 14.6. The number of piperidine rings is 1. The van der Waals surface area contributed by atoms with E-state index >= 15 is 0 Å². The molecular weight excluding hydrogens is 468 g/mol.